The van der Waals surface area contributed by atoms with Crippen LogP contribution in [-0.2, 0) is 10.0 Å². The number of nitrogens with one attached hydrogen (secondary N) is 1. The van der Waals surface area contributed by atoms with Crippen molar-refractivity contribution in [3.05, 3.63) is 66.0 Å². The van der Waals surface area contributed by atoms with Gasteiger partial charge in [0.1, 0.15) is 23.1 Å². The number of sulfonamides is 1. The highest BCUT2D eigenvalue weighted by Gasteiger charge is 2.18. The molecular weight excluding hydrogens is 343 g/mol. The summed E-state index contributed by atoms with van der Waals surface area (Å²) in [5.41, 5.74) is 7.00. The number of nitrogens with zero attached hydrogens (tertiary/aromatic N) is 2. The lowest BCUT2D eigenvalue weighted by atomic mass is 10.1. The summed E-state index contributed by atoms with van der Waals surface area (Å²) >= 11 is 0. The molecule has 1 aromatic carbocycles. The molecule has 25 heavy (non-hydrogen) atoms. The van der Waals surface area contributed by atoms with E-state index in [1.54, 1.807) is 12.1 Å². The van der Waals surface area contributed by atoms with E-state index in [9.17, 15) is 12.8 Å². The van der Waals surface area contributed by atoms with Crippen LogP contribution in [0.1, 0.15) is 5.56 Å². The van der Waals surface area contributed by atoms with Gasteiger partial charge in [0.2, 0.25) is 0 Å². The minimum absolute atomic E-state index is 0.0103. The predicted octanol–water partition coefficient (Wildman–Crippen LogP) is 2.97. The summed E-state index contributed by atoms with van der Waals surface area (Å²) in [5, 5.41) is -0.240. The first kappa shape index (κ1) is 16.8. The summed E-state index contributed by atoms with van der Waals surface area (Å²) in [7, 11) is -3.98. The van der Waals surface area contributed by atoms with Gasteiger partial charge in [-0.2, -0.15) is 8.42 Å². The second kappa shape index (κ2) is 6.48. The van der Waals surface area contributed by atoms with Crippen LogP contribution in [0.4, 0.5) is 16.0 Å². The fourth-order valence-corrected chi connectivity index (χ4v) is 3.27. The molecule has 0 aliphatic carbocycles. The molecule has 3 aromatic rings. The summed E-state index contributed by atoms with van der Waals surface area (Å²) in [6, 6.07) is 13.8. The van der Waals surface area contributed by atoms with Gasteiger partial charge in [-0.3, -0.25) is 4.72 Å². The van der Waals surface area contributed by atoms with Crippen molar-refractivity contribution in [1.82, 2.24) is 9.97 Å². The van der Waals surface area contributed by atoms with Gasteiger partial charge in [0.25, 0.3) is 10.0 Å². The van der Waals surface area contributed by atoms with Gasteiger partial charge in [0.15, 0.2) is 5.03 Å². The zero-order valence-corrected chi connectivity index (χ0v) is 14.1. The van der Waals surface area contributed by atoms with Crippen molar-refractivity contribution >= 4 is 21.7 Å². The Bertz CT molecular complexity index is 1040. The third kappa shape index (κ3) is 3.58. The third-order valence-corrected chi connectivity index (χ3v) is 4.76. The molecule has 128 valence electrons. The van der Waals surface area contributed by atoms with Gasteiger partial charge in [0, 0.05) is 5.56 Å². The van der Waals surface area contributed by atoms with Gasteiger partial charge < -0.3 is 5.73 Å². The number of pyridine rings is 2. The maximum absolute atomic E-state index is 14.2. The highest BCUT2D eigenvalue weighted by Crippen LogP contribution is 2.26. The number of anilines is 2. The lowest BCUT2D eigenvalue weighted by molar-refractivity contribution is 0.597. The van der Waals surface area contributed by atoms with Crippen molar-refractivity contribution in [1.29, 1.82) is 0 Å². The summed E-state index contributed by atoms with van der Waals surface area (Å²) in [4.78, 5) is 7.89. The van der Waals surface area contributed by atoms with Gasteiger partial charge in [-0.15, -0.1) is 0 Å². The molecule has 0 aliphatic heterocycles. The van der Waals surface area contributed by atoms with Crippen LogP contribution in [0.3, 0.4) is 0 Å². The van der Waals surface area contributed by atoms with E-state index in [0.29, 0.717) is 5.56 Å². The van der Waals surface area contributed by atoms with E-state index in [1.165, 1.54) is 30.3 Å². The molecule has 0 saturated carbocycles. The van der Waals surface area contributed by atoms with E-state index in [-0.39, 0.29) is 22.4 Å². The first-order valence-corrected chi connectivity index (χ1v) is 8.83. The average Bonchev–Trinajstić information content (AvgIpc) is 2.57. The molecule has 0 unspecified atom stereocenters. The molecule has 0 fully saturated rings. The molecule has 0 spiro atoms. The smallest absolute Gasteiger partial charge is 0.280 e. The molecule has 0 amide bonds. The Kier molecular flexibility index (Phi) is 4.37. The Labute approximate surface area is 144 Å². The fourth-order valence-electron chi connectivity index (χ4n) is 2.30. The van der Waals surface area contributed by atoms with Gasteiger partial charge in [-0.1, -0.05) is 30.3 Å². The minimum Gasteiger partial charge on any atom is -0.384 e. The van der Waals surface area contributed by atoms with Gasteiger partial charge in [-0.05, 0) is 36.8 Å². The highest BCUT2D eigenvalue weighted by atomic mass is 32.2. The van der Waals surface area contributed by atoms with E-state index in [2.05, 4.69) is 14.7 Å². The highest BCUT2D eigenvalue weighted by molar-refractivity contribution is 7.92. The predicted molar refractivity (Wildman–Crippen MR) is 93.8 cm³/mol. The first-order chi connectivity index (χ1) is 11.9. The molecule has 8 heteroatoms. The first-order valence-electron chi connectivity index (χ1n) is 7.35. The molecule has 0 radical (unpaired) electrons. The third-order valence-electron chi connectivity index (χ3n) is 3.51. The van der Waals surface area contributed by atoms with E-state index >= 15 is 0 Å². The van der Waals surface area contributed by atoms with Crippen LogP contribution in [0, 0.1) is 12.7 Å². The molecule has 0 saturated heterocycles. The lowest BCUT2D eigenvalue weighted by Crippen LogP contribution is -2.16. The average molecular weight is 358 g/mol. The Morgan fingerprint density at radius 1 is 1.00 bits per heavy atom. The quantitative estimate of drug-likeness (QED) is 0.747. The van der Waals surface area contributed by atoms with Gasteiger partial charge in [-0.25, -0.2) is 14.4 Å². The molecular formula is C17H15FN4O2S. The molecule has 0 atom stereocenters. The Balaban J connectivity index is 2.00. The Morgan fingerprint density at radius 3 is 2.48 bits per heavy atom. The molecule has 2 heterocycles. The van der Waals surface area contributed by atoms with Crippen LogP contribution in [-0.4, -0.2) is 18.4 Å². The maximum atomic E-state index is 14.2. The van der Waals surface area contributed by atoms with E-state index in [4.69, 9.17) is 5.73 Å². The van der Waals surface area contributed by atoms with E-state index in [0.717, 1.165) is 5.56 Å². The van der Waals surface area contributed by atoms with Crippen LogP contribution in [0.2, 0.25) is 0 Å². The second-order valence-corrected chi connectivity index (χ2v) is 6.98. The Hall–Kier alpha value is -3.00. The van der Waals surface area contributed by atoms with E-state index in [1.807, 2.05) is 19.1 Å². The number of hydrogen-bond donors (Lipinski definition) is 2. The normalized spacial score (nSPS) is 11.3. The van der Waals surface area contributed by atoms with Gasteiger partial charge >= 0.3 is 0 Å². The molecule has 0 aliphatic rings. The zero-order chi connectivity index (χ0) is 18.0. The Morgan fingerprint density at radius 2 is 1.76 bits per heavy atom. The van der Waals surface area contributed by atoms with Crippen LogP contribution in [0.5, 0.6) is 0 Å². The van der Waals surface area contributed by atoms with E-state index < -0.39 is 15.8 Å². The van der Waals surface area contributed by atoms with Crippen LogP contribution >= 0.6 is 0 Å². The van der Waals surface area contributed by atoms with Crippen LogP contribution < -0.4 is 10.5 Å². The standard InChI is InChI=1S/C17H15FN4O2S/c1-11-5-2-3-6-12(11)17-13(18)9-10-15(21-17)22-25(23,24)16-8-4-7-14(19)20-16/h2-10H,1H3,(H2,19,20)(H,21,22). The fraction of sp³-hybridized carbons (Fsp3) is 0.0588. The summed E-state index contributed by atoms with van der Waals surface area (Å²) in [6.07, 6.45) is 0. The largest absolute Gasteiger partial charge is 0.384 e. The van der Waals surface area contributed by atoms with Crippen molar-refractivity contribution in [3.63, 3.8) is 0 Å². The minimum atomic E-state index is -3.98. The van der Waals surface area contributed by atoms with Gasteiger partial charge in [0.05, 0.1) is 0 Å². The SMILES string of the molecule is Cc1ccccc1-c1nc(NS(=O)(=O)c2cccc(N)n2)ccc1F. The molecule has 3 rings (SSSR count). The molecule has 3 N–H and O–H groups in total. The number of rotatable bonds is 4. The lowest BCUT2D eigenvalue weighted by Gasteiger charge is -2.10. The summed E-state index contributed by atoms with van der Waals surface area (Å²) < 4.78 is 41.3. The van der Waals surface area contributed by atoms with Crippen molar-refractivity contribution in [3.8, 4) is 11.3 Å². The topological polar surface area (TPSA) is 98.0 Å². The number of aryl methyl sites for hydroxylation is 1. The number of hydrogen-bond acceptors (Lipinski definition) is 5. The molecule has 2 aromatic heterocycles. The second-order valence-electron chi connectivity index (χ2n) is 5.35. The summed E-state index contributed by atoms with van der Waals surface area (Å²) in [5.74, 6) is -0.473. The van der Waals surface area contributed by atoms with Crippen LogP contribution in [0.15, 0.2) is 59.6 Å². The van der Waals surface area contributed by atoms with Crippen molar-refractivity contribution in [2.45, 2.75) is 11.9 Å². The number of nitrogens with two attached hydrogens (primary N) is 1. The number of halogens is 1. The molecule has 6 nitrogen and oxygen atoms in total. The van der Waals surface area contributed by atoms with Crippen molar-refractivity contribution < 1.29 is 12.8 Å². The maximum Gasteiger partial charge on any atom is 0.280 e. The van der Waals surface area contributed by atoms with Crippen molar-refractivity contribution in [2.24, 2.45) is 0 Å². The summed E-state index contributed by atoms with van der Waals surface area (Å²) in [6.45, 7) is 1.82. The molecule has 0 bridgehead atoms. The number of aromatic nitrogens is 2. The van der Waals surface area contributed by atoms with Crippen LogP contribution in [0.25, 0.3) is 11.3 Å². The van der Waals surface area contributed by atoms with Crippen molar-refractivity contribution in [2.75, 3.05) is 10.5 Å². The number of benzene rings is 1. The monoisotopic (exact) mass is 358 g/mol. The number of nitrogen functional groups attached to an aromatic ring is 1. The zero-order valence-electron chi connectivity index (χ0n) is 13.3.